The fourth-order valence-electron chi connectivity index (χ4n) is 2.38. The maximum absolute atomic E-state index is 14.6. The topological polar surface area (TPSA) is 77.9 Å². The Morgan fingerprint density at radius 1 is 1.18 bits per heavy atom. The summed E-state index contributed by atoms with van der Waals surface area (Å²) in [4.78, 5) is 15.0. The number of alkyl halides is 3. The van der Waals surface area contributed by atoms with Crippen LogP contribution in [0.15, 0.2) is 24.2 Å². The number of halogens is 8. The molecule has 33 heavy (non-hydrogen) atoms. The lowest BCUT2D eigenvalue weighted by Gasteiger charge is -2.15. The second-order valence-corrected chi connectivity index (χ2v) is 7.88. The van der Waals surface area contributed by atoms with Gasteiger partial charge in [-0.05, 0) is 41.1 Å². The standard InChI is InChI=1S/C17H11F7IN4OP.C2H6/c1-6-10(19)5-27-14(17(22,23)24)12(6)28-16(30)9(18)4-7-2-3-8(15(21)26)13(11(7)20)29-31-25;1-2/h2-5,26,29,31H,1H3,(H,28,30);1-2H3/b9-4-,26-15?;. The van der Waals surface area contributed by atoms with Crippen LogP contribution in [0.3, 0.4) is 0 Å². The van der Waals surface area contributed by atoms with Gasteiger partial charge < -0.3 is 10.4 Å². The number of carbonyl (C=O) groups is 1. The average molecular weight is 608 g/mol. The molecule has 0 radical (unpaired) electrons. The van der Waals surface area contributed by atoms with Crippen LogP contribution in [-0.2, 0) is 11.0 Å². The summed E-state index contributed by atoms with van der Waals surface area (Å²) in [5.74, 6) is -7.24. The third-order valence-electron chi connectivity index (χ3n) is 3.86. The van der Waals surface area contributed by atoms with Gasteiger partial charge >= 0.3 is 6.18 Å². The monoisotopic (exact) mass is 608 g/mol. The molecule has 14 heteroatoms. The quantitative estimate of drug-likeness (QED) is 0.106. The second kappa shape index (κ2) is 12.3. The Morgan fingerprint density at radius 2 is 1.79 bits per heavy atom. The fraction of sp³-hybridized carbons (Fsp3) is 0.211. The highest BCUT2D eigenvalue weighted by Gasteiger charge is 2.37. The number of anilines is 2. The predicted molar refractivity (Wildman–Crippen MR) is 123 cm³/mol. The third-order valence-corrected chi connectivity index (χ3v) is 5.02. The summed E-state index contributed by atoms with van der Waals surface area (Å²) in [6.07, 6.45) is -4.54. The number of carbonyl (C=O) groups excluding carboxylic acids is 1. The number of hydrogen-bond acceptors (Lipinski definition) is 4. The maximum Gasteiger partial charge on any atom is 0.435 e. The highest BCUT2D eigenvalue weighted by atomic mass is 127. The van der Waals surface area contributed by atoms with E-state index in [1.54, 1.807) is 27.4 Å². The molecule has 1 aromatic carbocycles. The van der Waals surface area contributed by atoms with E-state index in [-0.39, 0.29) is 6.37 Å². The number of pyridine rings is 1. The zero-order chi connectivity index (χ0) is 25.5. The first-order valence-electron chi connectivity index (χ1n) is 8.97. The van der Waals surface area contributed by atoms with Crippen LogP contribution < -0.4 is 10.4 Å². The van der Waals surface area contributed by atoms with Crippen molar-refractivity contribution in [1.29, 1.82) is 5.41 Å². The van der Waals surface area contributed by atoms with Crippen LogP contribution in [0.25, 0.3) is 6.08 Å². The number of benzene rings is 1. The van der Waals surface area contributed by atoms with Gasteiger partial charge in [-0.25, -0.2) is 18.2 Å². The van der Waals surface area contributed by atoms with Crippen LogP contribution in [0.5, 0.6) is 0 Å². The number of nitrogens with one attached hydrogen (secondary N) is 3. The summed E-state index contributed by atoms with van der Waals surface area (Å²) in [5, 5.41) is 11.1. The average Bonchev–Trinajstić information content (AvgIpc) is 2.74. The first-order valence-corrected chi connectivity index (χ1v) is 13.1. The molecule has 0 saturated carbocycles. The van der Waals surface area contributed by atoms with Gasteiger partial charge in [-0.1, -0.05) is 19.9 Å². The lowest BCUT2D eigenvalue weighted by atomic mass is 10.1. The number of amides is 1. The zero-order valence-electron chi connectivity index (χ0n) is 17.2. The van der Waals surface area contributed by atoms with Crippen LogP contribution in [0, 0.1) is 24.0 Å². The highest BCUT2D eigenvalue weighted by Crippen LogP contribution is 2.36. The normalized spacial score (nSPS) is 11.8. The number of hydrogen-bond donors (Lipinski definition) is 3. The van der Waals surface area contributed by atoms with Crippen LogP contribution >= 0.6 is 28.4 Å². The van der Waals surface area contributed by atoms with Crippen molar-refractivity contribution in [2.75, 3.05) is 10.4 Å². The van der Waals surface area contributed by atoms with Gasteiger partial charge in [0, 0.05) is 17.5 Å². The van der Waals surface area contributed by atoms with Crippen molar-refractivity contribution in [3.63, 3.8) is 0 Å². The molecule has 1 amide bonds. The van der Waals surface area contributed by atoms with E-state index < -0.39 is 69.3 Å². The van der Waals surface area contributed by atoms with E-state index in [9.17, 15) is 35.5 Å². The molecular weight excluding hydrogens is 591 g/mol. The highest BCUT2D eigenvalue weighted by molar-refractivity contribution is 14.2. The Kier molecular flexibility index (Phi) is 10.7. The minimum Gasteiger partial charge on any atom is -0.355 e. The van der Waals surface area contributed by atoms with Crippen LogP contribution in [0.2, 0.25) is 0 Å². The largest absolute Gasteiger partial charge is 0.435 e. The molecule has 0 spiro atoms. The SMILES string of the molecule is CC.Cc1c(F)cnc(C(F)(F)F)c1NC(=O)/C(F)=C/c1ccc(C(=N)F)c(NPI)c1F. The zero-order valence-corrected chi connectivity index (χ0v) is 20.3. The van der Waals surface area contributed by atoms with Gasteiger partial charge in [-0.2, -0.15) is 17.6 Å². The number of rotatable bonds is 6. The molecule has 5 nitrogen and oxygen atoms in total. The molecule has 2 rings (SSSR count). The summed E-state index contributed by atoms with van der Waals surface area (Å²) in [6, 6.07) is 1.84. The molecule has 1 aromatic heterocycles. The van der Waals surface area contributed by atoms with Gasteiger partial charge in [0.15, 0.2) is 17.3 Å². The number of nitrogens with zero attached hydrogens (tertiary/aromatic N) is 1. The molecule has 1 heterocycles. The summed E-state index contributed by atoms with van der Waals surface area (Å²) in [5.41, 5.74) is -4.79. The van der Waals surface area contributed by atoms with Gasteiger partial charge in [0.2, 0.25) is 5.97 Å². The minimum atomic E-state index is -5.07. The Labute approximate surface area is 199 Å². The van der Waals surface area contributed by atoms with Crippen molar-refractivity contribution < 1.29 is 35.5 Å². The lowest BCUT2D eigenvalue weighted by Crippen LogP contribution is -2.20. The second-order valence-electron chi connectivity index (χ2n) is 5.82. The summed E-state index contributed by atoms with van der Waals surface area (Å²) >= 11 is 1.80. The molecule has 0 aliphatic rings. The van der Waals surface area contributed by atoms with Crippen molar-refractivity contribution in [3.8, 4) is 0 Å². The summed E-state index contributed by atoms with van der Waals surface area (Å²) < 4.78 is 95.1. The first kappa shape index (κ1) is 28.8. The minimum absolute atomic E-state index is 0.146. The molecule has 0 aliphatic heterocycles. The maximum atomic E-state index is 14.6. The smallest absolute Gasteiger partial charge is 0.355 e. The van der Waals surface area contributed by atoms with Gasteiger partial charge in [-0.15, -0.1) is 0 Å². The van der Waals surface area contributed by atoms with Crippen LogP contribution in [0.1, 0.15) is 36.2 Å². The van der Waals surface area contributed by atoms with E-state index in [1.165, 1.54) is 0 Å². The summed E-state index contributed by atoms with van der Waals surface area (Å²) in [7, 11) is 0. The van der Waals surface area contributed by atoms with E-state index in [2.05, 4.69) is 10.1 Å². The van der Waals surface area contributed by atoms with Gasteiger partial charge in [-0.3, -0.25) is 10.2 Å². The summed E-state index contributed by atoms with van der Waals surface area (Å²) in [6.45, 7) is 4.93. The Bertz CT molecular complexity index is 1080. The molecule has 180 valence electrons. The van der Waals surface area contributed by atoms with E-state index in [1.807, 2.05) is 13.8 Å². The van der Waals surface area contributed by atoms with Crippen LogP contribution in [-0.4, -0.2) is 16.9 Å². The Hall–Kier alpha value is -2.28. The third kappa shape index (κ3) is 7.10. The molecule has 0 fully saturated rings. The fourth-order valence-corrected chi connectivity index (χ4v) is 3.53. The van der Waals surface area contributed by atoms with Gasteiger partial charge in [0.1, 0.15) is 5.82 Å². The number of aromatic nitrogens is 1. The van der Waals surface area contributed by atoms with Gasteiger partial charge in [0.25, 0.3) is 5.91 Å². The molecule has 1 atom stereocenters. The van der Waals surface area contributed by atoms with E-state index >= 15 is 0 Å². The first-order chi connectivity index (χ1) is 15.4. The van der Waals surface area contributed by atoms with E-state index in [4.69, 9.17) is 5.41 Å². The van der Waals surface area contributed by atoms with Gasteiger partial charge in [0.05, 0.1) is 23.1 Å². The predicted octanol–water partition coefficient (Wildman–Crippen LogP) is 7.31. The van der Waals surface area contributed by atoms with Crippen molar-refractivity contribution in [1.82, 2.24) is 4.98 Å². The van der Waals surface area contributed by atoms with Crippen molar-refractivity contribution in [2.45, 2.75) is 26.9 Å². The Morgan fingerprint density at radius 3 is 2.30 bits per heavy atom. The van der Waals surface area contributed by atoms with E-state index in [0.717, 1.165) is 19.1 Å². The van der Waals surface area contributed by atoms with E-state index in [0.29, 0.717) is 12.3 Å². The van der Waals surface area contributed by atoms with Crippen LogP contribution in [0.4, 0.5) is 42.1 Å². The van der Waals surface area contributed by atoms with Crippen molar-refractivity contribution in [3.05, 3.63) is 58.2 Å². The molecule has 3 N–H and O–H groups in total. The molecular formula is C19H17F7IN4OP. The van der Waals surface area contributed by atoms with Crippen molar-refractivity contribution in [2.24, 2.45) is 0 Å². The Balaban J connectivity index is 0.00000265. The molecule has 0 bridgehead atoms. The lowest BCUT2D eigenvalue weighted by molar-refractivity contribution is -0.140. The molecule has 0 aliphatic carbocycles. The molecule has 2 aromatic rings. The van der Waals surface area contributed by atoms with Crippen molar-refractivity contribution >= 4 is 57.7 Å². The molecule has 1 unspecified atom stereocenters. The molecule has 0 saturated heterocycles.